The third-order valence-electron chi connectivity index (χ3n) is 2.71. The topological polar surface area (TPSA) is 92.4 Å². The lowest BCUT2D eigenvalue weighted by Gasteiger charge is -2.13. The van der Waals surface area contributed by atoms with Crippen molar-refractivity contribution in [1.29, 1.82) is 0 Å². The summed E-state index contributed by atoms with van der Waals surface area (Å²) in [5, 5.41) is 10.7. The zero-order valence-corrected chi connectivity index (χ0v) is 10.5. The molecule has 98 valence electrons. The van der Waals surface area contributed by atoms with E-state index < -0.39 is 17.9 Å². The van der Waals surface area contributed by atoms with Gasteiger partial charge in [0, 0.05) is 12.6 Å². The van der Waals surface area contributed by atoms with Gasteiger partial charge in [-0.25, -0.2) is 4.79 Å². The number of carboxylic acids is 1. The standard InChI is InChI=1S/C13H18N2O3/c1-8(2)9-3-5-10(6-4-9)11(14)7-15-12(16)13(17)18/h3-6,8,11H,7,14H2,1-2H3,(H,15,16)(H,17,18). The molecule has 1 unspecified atom stereocenters. The van der Waals surface area contributed by atoms with Crippen LogP contribution in [0.1, 0.15) is 36.9 Å². The molecule has 1 aromatic rings. The van der Waals surface area contributed by atoms with Crippen molar-refractivity contribution in [3.05, 3.63) is 35.4 Å². The maximum atomic E-state index is 10.9. The summed E-state index contributed by atoms with van der Waals surface area (Å²) in [6, 6.07) is 7.35. The summed E-state index contributed by atoms with van der Waals surface area (Å²) < 4.78 is 0. The van der Waals surface area contributed by atoms with E-state index in [0.29, 0.717) is 5.92 Å². The Balaban J connectivity index is 2.59. The molecule has 0 aromatic heterocycles. The normalized spacial score (nSPS) is 12.2. The van der Waals surface area contributed by atoms with Crippen LogP contribution in [0.5, 0.6) is 0 Å². The summed E-state index contributed by atoms with van der Waals surface area (Å²) in [6.07, 6.45) is 0. The van der Waals surface area contributed by atoms with Crippen molar-refractivity contribution in [3.8, 4) is 0 Å². The van der Waals surface area contributed by atoms with Gasteiger partial charge in [-0.05, 0) is 17.0 Å². The number of hydrogen-bond acceptors (Lipinski definition) is 3. The molecule has 0 radical (unpaired) electrons. The average molecular weight is 250 g/mol. The molecule has 0 saturated heterocycles. The van der Waals surface area contributed by atoms with Crippen LogP contribution in [0.2, 0.25) is 0 Å². The minimum atomic E-state index is -1.50. The maximum absolute atomic E-state index is 10.9. The van der Waals surface area contributed by atoms with Crippen LogP contribution < -0.4 is 11.1 Å². The summed E-state index contributed by atoms with van der Waals surface area (Å²) in [5.41, 5.74) is 7.94. The van der Waals surface area contributed by atoms with E-state index in [-0.39, 0.29) is 6.54 Å². The van der Waals surface area contributed by atoms with Crippen LogP contribution in [-0.2, 0) is 9.59 Å². The Kier molecular flexibility index (Phi) is 4.85. The predicted octanol–water partition coefficient (Wildman–Crippen LogP) is 1.01. The number of aliphatic carboxylic acids is 1. The highest BCUT2D eigenvalue weighted by atomic mass is 16.4. The van der Waals surface area contributed by atoms with Crippen LogP contribution in [0.3, 0.4) is 0 Å². The number of carbonyl (C=O) groups is 2. The number of rotatable bonds is 4. The van der Waals surface area contributed by atoms with E-state index >= 15 is 0 Å². The van der Waals surface area contributed by atoms with Crippen molar-refractivity contribution in [2.75, 3.05) is 6.54 Å². The van der Waals surface area contributed by atoms with E-state index in [4.69, 9.17) is 10.8 Å². The number of benzene rings is 1. The van der Waals surface area contributed by atoms with Crippen LogP contribution in [0.4, 0.5) is 0 Å². The van der Waals surface area contributed by atoms with Crippen molar-refractivity contribution in [2.24, 2.45) is 5.73 Å². The van der Waals surface area contributed by atoms with Gasteiger partial charge in [0.15, 0.2) is 0 Å². The zero-order valence-electron chi connectivity index (χ0n) is 10.5. The van der Waals surface area contributed by atoms with E-state index in [1.54, 1.807) is 0 Å². The molecule has 0 spiro atoms. The summed E-state index contributed by atoms with van der Waals surface area (Å²) in [4.78, 5) is 21.2. The van der Waals surface area contributed by atoms with Gasteiger partial charge < -0.3 is 16.2 Å². The van der Waals surface area contributed by atoms with Crippen LogP contribution in [0, 0.1) is 0 Å². The average Bonchev–Trinajstić information content (AvgIpc) is 2.35. The van der Waals surface area contributed by atoms with E-state index in [1.807, 2.05) is 24.3 Å². The first-order chi connectivity index (χ1) is 8.41. The van der Waals surface area contributed by atoms with Gasteiger partial charge in [0.1, 0.15) is 0 Å². The molecule has 0 fully saturated rings. The highest BCUT2D eigenvalue weighted by molar-refractivity contribution is 6.31. The second kappa shape index (κ2) is 6.16. The number of hydrogen-bond donors (Lipinski definition) is 3. The monoisotopic (exact) mass is 250 g/mol. The van der Waals surface area contributed by atoms with Gasteiger partial charge >= 0.3 is 11.9 Å². The van der Waals surface area contributed by atoms with Crippen LogP contribution >= 0.6 is 0 Å². The van der Waals surface area contributed by atoms with Gasteiger partial charge in [0.2, 0.25) is 0 Å². The Labute approximate surface area is 106 Å². The third kappa shape index (κ3) is 3.85. The zero-order chi connectivity index (χ0) is 13.7. The van der Waals surface area contributed by atoms with Gasteiger partial charge in [-0.15, -0.1) is 0 Å². The summed E-state index contributed by atoms with van der Waals surface area (Å²) >= 11 is 0. The number of amides is 1. The molecule has 0 aliphatic heterocycles. The molecule has 4 N–H and O–H groups in total. The van der Waals surface area contributed by atoms with E-state index in [2.05, 4.69) is 19.2 Å². The molecule has 0 saturated carbocycles. The van der Waals surface area contributed by atoms with Crippen LogP contribution in [0.25, 0.3) is 0 Å². The Morgan fingerprint density at radius 2 is 1.72 bits per heavy atom. The lowest BCUT2D eigenvalue weighted by atomic mass is 9.99. The molecule has 1 aromatic carbocycles. The van der Waals surface area contributed by atoms with Crippen molar-refractivity contribution < 1.29 is 14.7 Å². The van der Waals surface area contributed by atoms with Gasteiger partial charge in [-0.1, -0.05) is 38.1 Å². The smallest absolute Gasteiger partial charge is 0.394 e. The molecule has 18 heavy (non-hydrogen) atoms. The molecule has 1 amide bonds. The highest BCUT2D eigenvalue weighted by Crippen LogP contribution is 2.17. The van der Waals surface area contributed by atoms with Gasteiger partial charge in [0.25, 0.3) is 0 Å². The maximum Gasteiger partial charge on any atom is 0.394 e. The summed E-state index contributed by atoms with van der Waals surface area (Å²) in [7, 11) is 0. The van der Waals surface area contributed by atoms with Gasteiger partial charge in [0.05, 0.1) is 0 Å². The molecule has 0 heterocycles. The molecule has 0 aliphatic rings. The molecule has 5 heteroatoms. The van der Waals surface area contributed by atoms with Gasteiger partial charge in [-0.3, -0.25) is 4.79 Å². The predicted molar refractivity (Wildman–Crippen MR) is 68.1 cm³/mol. The number of nitrogens with one attached hydrogen (secondary N) is 1. The van der Waals surface area contributed by atoms with Crippen molar-refractivity contribution in [1.82, 2.24) is 5.32 Å². The third-order valence-corrected chi connectivity index (χ3v) is 2.71. The lowest BCUT2D eigenvalue weighted by molar-refractivity contribution is -0.150. The number of nitrogens with two attached hydrogens (primary N) is 1. The minimum Gasteiger partial charge on any atom is -0.474 e. The summed E-state index contributed by atoms with van der Waals surface area (Å²) in [6.45, 7) is 4.30. The molecule has 1 atom stereocenters. The highest BCUT2D eigenvalue weighted by Gasteiger charge is 2.13. The number of carbonyl (C=O) groups excluding carboxylic acids is 1. The van der Waals surface area contributed by atoms with Crippen LogP contribution in [-0.4, -0.2) is 23.5 Å². The quantitative estimate of drug-likeness (QED) is 0.695. The fourth-order valence-corrected chi connectivity index (χ4v) is 1.52. The SMILES string of the molecule is CC(C)c1ccc(C(N)CNC(=O)C(=O)O)cc1. The Morgan fingerprint density at radius 1 is 1.22 bits per heavy atom. The molecular formula is C13H18N2O3. The van der Waals surface area contributed by atoms with E-state index in [1.165, 1.54) is 5.56 Å². The summed E-state index contributed by atoms with van der Waals surface area (Å²) in [5.74, 6) is -2.09. The Bertz CT molecular complexity index is 426. The fourth-order valence-electron chi connectivity index (χ4n) is 1.52. The van der Waals surface area contributed by atoms with Crippen molar-refractivity contribution >= 4 is 11.9 Å². The number of carboxylic acid groups (broad SMARTS) is 1. The molecule has 5 nitrogen and oxygen atoms in total. The molecular weight excluding hydrogens is 232 g/mol. The van der Waals surface area contributed by atoms with Gasteiger partial charge in [-0.2, -0.15) is 0 Å². The Hall–Kier alpha value is -1.88. The molecule has 1 rings (SSSR count). The van der Waals surface area contributed by atoms with Crippen molar-refractivity contribution in [2.45, 2.75) is 25.8 Å². The fraction of sp³-hybridized carbons (Fsp3) is 0.385. The van der Waals surface area contributed by atoms with Crippen LogP contribution in [0.15, 0.2) is 24.3 Å². The van der Waals surface area contributed by atoms with E-state index in [9.17, 15) is 9.59 Å². The first-order valence-corrected chi connectivity index (χ1v) is 5.78. The minimum absolute atomic E-state index is 0.103. The largest absolute Gasteiger partial charge is 0.474 e. The molecule has 0 bridgehead atoms. The molecule has 0 aliphatic carbocycles. The van der Waals surface area contributed by atoms with Crippen molar-refractivity contribution in [3.63, 3.8) is 0 Å². The lowest BCUT2D eigenvalue weighted by Crippen LogP contribution is -2.36. The van der Waals surface area contributed by atoms with E-state index in [0.717, 1.165) is 5.56 Å². The first kappa shape index (κ1) is 14.2. The second-order valence-electron chi connectivity index (χ2n) is 4.44. The second-order valence-corrected chi connectivity index (χ2v) is 4.44. The first-order valence-electron chi connectivity index (χ1n) is 5.78. The Morgan fingerprint density at radius 3 is 2.17 bits per heavy atom.